The molecule has 1 unspecified atom stereocenters. The third kappa shape index (κ3) is 3.03. The van der Waals surface area contributed by atoms with Crippen molar-refractivity contribution in [2.45, 2.75) is 45.1 Å². The Morgan fingerprint density at radius 2 is 2.00 bits per heavy atom. The van der Waals surface area contributed by atoms with Gasteiger partial charge in [0.05, 0.1) is 10.7 Å². The number of rotatable bonds is 3. The molecule has 3 nitrogen and oxygen atoms in total. The Bertz CT molecular complexity index is 487. The summed E-state index contributed by atoms with van der Waals surface area (Å²) in [5.74, 6) is -0.791. The molecule has 0 heterocycles. The van der Waals surface area contributed by atoms with Gasteiger partial charge in [-0.2, -0.15) is 0 Å². The lowest BCUT2D eigenvalue weighted by atomic mass is 9.68. The summed E-state index contributed by atoms with van der Waals surface area (Å²) in [6.07, 6.45) is 3.22. The number of halogens is 1. The quantitative estimate of drug-likeness (QED) is 0.874. The van der Waals surface area contributed by atoms with Crippen LogP contribution < -0.4 is 5.32 Å². The Hall–Kier alpha value is -1.22. The zero-order valence-corrected chi connectivity index (χ0v) is 12.1. The van der Waals surface area contributed by atoms with Gasteiger partial charge >= 0.3 is 5.97 Å². The van der Waals surface area contributed by atoms with E-state index in [2.05, 4.69) is 19.2 Å². The number of carboxylic acid groups (broad SMARTS) is 1. The minimum Gasteiger partial charge on any atom is -0.480 e. The van der Waals surface area contributed by atoms with Crippen molar-refractivity contribution in [3.63, 3.8) is 0 Å². The molecule has 0 spiro atoms. The van der Waals surface area contributed by atoms with Crippen molar-refractivity contribution in [3.8, 4) is 0 Å². The third-order valence-corrected chi connectivity index (χ3v) is 4.22. The molecule has 1 atom stereocenters. The van der Waals surface area contributed by atoms with Crippen LogP contribution in [-0.4, -0.2) is 16.6 Å². The maximum absolute atomic E-state index is 11.8. The van der Waals surface area contributed by atoms with Crippen LogP contribution in [0.15, 0.2) is 24.3 Å². The van der Waals surface area contributed by atoms with E-state index in [1.54, 1.807) is 6.07 Å². The summed E-state index contributed by atoms with van der Waals surface area (Å²) in [4.78, 5) is 11.8. The first-order chi connectivity index (χ1) is 8.85. The van der Waals surface area contributed by atoms with E-state index in [9.17, 15) is 9.90 Å². The van der Waals surface area contributed by atoms with Crippen molar-refractivity contribution in [3.05, 3.63) is 29.3 Å². The van der Waals surface area contributed by atoms with Crippen LogP contribution in [0.25, 0.3) is 0 Å². The lowest BCUT2D eigenvalue weighted by Gasteiger charge is -2.43. The molecule has 4 heteroatoms. The molecule has 0 bridgehead atoms. The second-order valence-electron chi connectivity index (χ2n) is 6.19. The smallest absolute Gasteiger partial charge is 0.329 e. The molecule has 0 aromatic heterocycles. The number of carboxylic acids is 1. The minimum atomic E-state index is -0.910. The lowest BCUT2D eigenvalue weighted by molar-refractivity contribution is -0.145. The summed E-state index contributed by atoms with van der Waals surface area (Å²) in [5.41, 5.74) is -0.179. The standard InChI is InChI=1S/C15H20ClNO2/c1-14(2)8-5-9-15(10-14,13(18)19)17-12-7-4-3-6-11(12)16/h3-4,6-7,17H,5,8-10H2,1-2H3,(H,18,19). The van der Waals surface area contributed by atoms with Crippen molar-refractivity contribution in [1.82, 2.24) is 0 Å². The minimum absolute atomic E-state index is 0.0326. The highest BCUT2D eigenvalue weighted by Gasteiger charge is 2.46. The van der Waals surface area contributed by atoms with Crippen LogP contribution >= 0.6 is 11.6 Å². The molecule has 0 saturated heterocycles. The SMILES string of the molecule is CC1(C)CCCC(Nc2ccccc2Cl)(C(=O)O)C1. The number of para-hydroxylation sites is 1. The van der Waals surface area contributed by atoms with Gasteiger partial charge in [-0.05, 0) is 43.2 Å². The zero-order chi connectivity index (χ0) is 14.1. The Labute approximate surface area is 119 Å². The monoisotopic (exact) mass is 281 g/mol. The Balaban J connectivity index is 2.31. The normalized spacial score (nSPS) is 25.8. The number of anilines is 1. The van der Waals surface area contributed by atoms with Gasteiger partial charge in [-0.1, -0.05) is 37.6 Å². The van der Waals surface area contributed by atoms with Gasteiger partial charge in [0.25, 0.3) is 0 Å². The average molecular weight is 282 g/mol. The molecule has 0 aliphatic heterocycles. The molecule has 0 amide bonds. The van der Waals surface area contributed by atoms with Crippen molar-refractivity contribution in [2.24, 2.45) is 5.41 Å². The van der Waals surface area contributed by atoms with Gasteiger partial charge in [-0.15, -0.1) is 0 Å². The van der Waals surface area contributed by atoms with Gasteiger partial charge in [0.1, 0.15) is 5.54 Å². The van der Waals surface area contributed by atoms with Gasteiger partial charge in [0.15, 0.2) is 0 Å². The molecule has 19 heavy (non-hydrogen) atoms. The van der Waals surface area contributed by atoms with Crippen LogP contribution in [0.4, 0.5) is 5.69 Å². The van der Waals surface area contributed by atoms with Gasteiger partial charge in [-0.25, -0.2) is 4.79 Å². The van der Waals surface area contributed by atoms with Gasteiger partial charge < -0.3 is 10.4 Å². The van der Waals surface area contributed by atoms with E-state index in [1.807, 2.05) is 18.2 Å². The summed E-state index contributed by atoms with van der Waals surface area (Å²) in [6, 6.07) is 7.30. The molecule has 0 radical (unpaired) electrons. The Morgan fingerprint density at radius 1 is 1.32 bits per heavy atom. The zero-order valence-electron chi connectivity index (χ0n) is 11.4. The molecule has 2 N–H and O–H groups in total. The second kappa shape index (κ2) is 5.04. The highest BCUT2D eigenvalue weighted by atomic mass is 35.5. The first-order valence-electron chi connectivity index (χ1n) is 6.61. The Kier molecular flexibility index (Phi) is 3.77. The van der Waals surface area contributed by atoms with Crippen LogP contribution in [0.5, 0.6) is 0 Å². The van der Waals surface area contributed by atoms with E-state index in [0.717, 1.165) is 12.8 Å². The maximum atomic E-state index is 11.8. The first-order valence-corrected chi connectivity index (χ1v) is 6.99. The predicted molar refractivity (Wildman–Crippen MR) is 77.7 cm³/mol. The van der Waals surface area contributed by atoms with Gasteiger partial charge in [0.2, 0.25) is 0 Å². The number of aliphatic carboxylic acids is 1. The van der Waals surface area contributed by atoms with Crippen LogP contribution in [0.3, 0.4) is 0 Å². The number of hydrogen-bond donors (Lipinski definition) is 2. The fraction of sp³-hybridized carbons (Fsp3) is 0.533. The number of benzene rings is 1. The molecule has 1 fully saturated rings. The van der Waals surface area contributed by atoms with Crippen molar-refractivity contribution >= 4 is 23.3 Å². The highest BCUT2D eigenvalue weighted by Crippen LogP contribution is 2.43. The summed E-state index contributed by atoms with van der Waals surface area (Å²) >= 11 is 6.13. The molecule has 104 valence electrons. The van der Waals surface area contributed by atoms with Crippen LogP contribution in [0.1, 0.15) is 39.5 Å². The number of hydrogen-bond acceptors (Lipinski definition) is 2. The number of carbonyl (C=O) groups is 1. The Morgan fingerprint density at radius 3 is 2.58 bits per heavy atom. The molecular formula is C15H20ClNO2. The molecule has 2 rings (SSSR count). The molecule has 1 saturated carbocycles. The van der Waals surface area contributed by atoms with Gasteiger partial charge in [0, 0.05) is 0 Å². The second-order valence-corrected chi connectivity index (χ2v) is 6.59. The van der Waals surface area contributed by atoms with Crippen LogP contribution in [-0.2, 0) is 4.79 Å². The van der Waals surface area contributed by atoms with E-state index >= 15 is 0 Å². The fourth-order valence-electron chi connectivity index (χ4n) is 3.03. The predicted octanol–water partition coefficient (Wildman–Crippen LogP) is 4.18. The van der Waals surface area contributed by atoms with Crippen molar-refractivity contribution < 1.29 is 9.90 Å². The maximum Gasteiger partial charge on any atom is 0.329 e. The number of nitrogens with one attached hydrogen (secondary N) is 1. The van der Waals surface area contributed by atoms with Gasteiger partial charge in [-0.3, -0.25) is 0 Å². The van der Waals surface area contributed by atoms with E-state index < -0.39 is 11.5 Å². The highest BCUT2D eigenvalue weighted by molar-refractivity contribution is 6.33. The van der Waals surface area contributed by atoms with Crippen LogP contribution in [0, 0.1) is 5.41 Å². The third-order valence-electron chi connectivity index (χ3n) is 3.89. The molecule has 1 aliphatic carbocycles. The largest absolute Gasteiger partial charge is 0.480 e. The molecule has 1 aromatic rings. The van der Waals surface area contributed by atoms with Crippen molar-refractivity contribution in [1.29, 1.82) is 0 Å². The summed E-state index contributed by atoms with van der Waals surface area (Å²) in [5, 5.41) is 13.4. The topological polar surface area (TPSA) is 49.3 Å². The molecular weight excluding hydrogens is 262 g/mol. The van der Waals surface area contributed by atoms with Crippen LogP contribution in [0.2, 0.25) is 5.02 Å². The summed E-state index contributed by atoms with van der Waals surface area (Å²) in [6.45, 7) is 4.25. The first kappa shape index (κ1) is 14.2. The molecule has 1 aliphatic rings. The summed E-state index contributed by atoms with van der Waals surface area (Å²) < 4.78 is 0. The lowest BCUT2D eigenvalue weighted by Crippen LogP contribution is -2.51. The van der Waals surface area contributed by atoms with E-state index in [4.69, 9.17) is 11.6 Å². The molecule has 1 aromatic carbocycles. The van der Waals surface area contributed by atoms with E-state index in [0.29, 0.717) is 23.6 Å². The van der Waals surface area contributed by atoms with E-state index in [1.165, 1.54) is 0 Å². The van der Waals surface area contributed by atoms with Crippen molar-refractivity contribution in [2.75, 3.05) is 5.32 Å². The van der Waals surface area contributed by atoms with E-state index in [-0.39, 0.29) is 5.41 Å². The fourth-order valence-corrected chi connectivity index (χ4v) is 3.21. The summed E-state index contributed by atoms with van der Waals surface area (Å²) in [7, 11) is 0. The average Bonchev–Trinajstić information content (AvgIpc) is 2.30.